The third-order valence-electron chi connectivity index (χ3n) is 1.73. The maximum absolute atomic E-state index is 3.41. The van der Waals surface area contributed by atoms with E-state index in [1.165, 1.54) is 32.2 Å². The molecule has 0 atom stereocenters. The molecule has 0 saturated heterocycles. The highest BCUT2D eigenvalue weighted by molar-refractivity contribution is 9.09. The molecule has 0 heterocycles. The minimum Gasteiger partial charge on any atom is -0.331 e. The van der Waals surface area contributed by atoms with Gasteiger partial charge in [0.05, 0.1) is 27.7 Å². The normalized spacial score (nSPS) is 10.8. The van der Waals surface area contributed by atoms with Gasteiger partial charge in [-0.1, -0.05) is 47.8 Å². The Morgan fingerprint density at radius 2 is 1.00 bits per heavy atom. The molecule has 0 unspecified atom stereocenters. The lowest BCUT2D eigenvalue weighted by atomic mass is 10.3. The Morgan fingerprint density at radius 1 is 0.667 bits per heavy atom. The van der Waals surface area contributed by atoms with Crippen molar-refractivity contribution in [2.75, 3.05) is 43.7 Å². The number of quaternary nitrogens is 1. The van der Waals surface area contributed by atoms with Gasteiger partial charge in [0, 0.05) is 16.0 Å². The predicted molar refractivity (Wildman–Crippen MR) is 82.7 cm³/mol. The van der Waals surface area contributed by atoms with Crippen LogP contribution in [0.5, 0.6) is 0 Å². The van der Waals surface area contributed by atoms with Crippen LogP contribution in [0.4, 0.5) is 0 Å². The van der Waals surface area contributed by atoms with Crippen LogP contribution in [-0.4, -0.2) is 48.2 Å². The average Bonchev–Trinajstić information content (AvgIpc) is 2.14. The first-order valence-corrected chi connectivity index (χ1v) is 8.82. The molecular formula is C11H25Br3N+. The summed E-state index contributed by atoms with van der Waals surface area (Å²) in [6.45, 7) is 1.28. The summed E-state index contributed by atoms with van der Waals surface area (Å²) < 4.78 is 1.09. The van der Waals surface area contributed by atoms with Gasteiger partial charge in [0.2, 0.25) is 0 Å². The first-order chi connectivity index (χ1) is 6.97. The highest BCUT2D eigenvalue weighted by atomic mass is 79.9. The topological polar surface area (TPSA) is 0 Å². The first kappa shape index (κ1) is 18.8. The minimum absolute atomic E-state index is 1.09. The second kappa shape index (κ2) is 13.5. The summed E-state index contributed by atoms with van der Waals surface area (Å²) in [6, 6.07) is 0. The van der Waals surface area contributed by atoms with Crippen LogP contribution < -0.4 is 0 Å². The lowest BCUT2D eigenvalue weighted by Gasteiger charge is -2.23. The van der Waals surface area contributed by atoms with E-state index in [2.05, 4.69) is 68.9 Å². The van der Waals surface area contributed by atoms with Crippen LogP contribution in [0.3, 0.4) is 0 Å². The zero-order valence-electron chi connectivity index (χ0n) is 10.2. The summed E-state index contributed by atoms with van der Waals surface area (Å²) in [5.41, 5.74) is 0. The summed E-state index contributed by atoms with van der Waals surface area (Å²) >= 11 is 10.1. The Morgan fingerprint density at radius 3 is 1.27 bits per heavy atom. The number of rotatable bonds is 7. The average molecular weight is 411 g/mol. The minimum atomic E-state index is 1.09. The van der Waals surface area contributed by atoms with E-state index < -0.39 is 0 Å². The van der Waals surface area contributed by atoms with Gasteiger partial charge in [-0.05, 0) is 25.7 Å². The van der Waals surface area contributed by atoms with Gasteiger partial charge < -0.3 is 4.48 Å². The zero-order chi connectivity index (χ0) is 12.2. The predicted octanol–water partition coefficient (Wildman–Crippen LogP) is 4.42. The number of hydrogen-bond donors (Lipinski definition) is 0. The van der Waals surface area contributed by atoms with Crippen molar-refractivity contribution in [1.82, 2.24) is 0 Å². The molecule has 15 heavy (non-hydrogen) atoms. The van der Waals surface area contributed by atoms with E-state index in [-0.39, 0.29) is 0 Å². The maximum atomic E-state index is 3.41. The highest BCUT2D eigenvalue weighted by Crippen LogP contribution is 1.98. The SMILES string of the molecule is BrCCCCBr.C[N+](C)(C)CCCCBr. The van der Waals surface area contributed by atoms with E-state index in [0.29, 0.717) is 0 Å². The summed E-state index contributed by atoms with van der Waals surface area (Å²) in [7, 11) is 6.69. The van der Waals surface area contributed by atoms with E-state index in [4.69, 9.17) is 0 Å². The van der Waals surface area contributed by atoms with Crippen molar-refractivity contribution in [3.8, 4) is 0 Å². The molecule has 0 aromatic heterocycles. The van der Waals surface area contributed by atoms with Crippen LogP contribution in [-0.2, 0) is 0 Å². The fraction of sp³-hybridized carbons (Fsp3) is 1.00. The van der Waals surface area contributed by atoms with Crippen molar-refractivity contribution in [2.45, 2.75) is 25.7 Å². The van der Waals surface area contributed by atoms with Crippen LogP contribution in [0, 0.1) is 0 Å². The Hall–Kier alpha value is 1.40. The van der Waals surface area contributed by atoms with Gasteiger partial charge in [0.25, 0.3) is 0 Å². The Bertz CT molecular complexity index is 109. The molecule has 0 fully saturated rings. The molecule has 0 radical (unpaired) electrons. The summed E-state index contributed by atoms with van der Waals surface area (Å²) in [5.74, 6) is 0. The van der Waals surface area contributed by atoms with Crippen LogP contribution in [0.2, 0.25) is 0 Å². The van der Waals surface area contributed by atoms with Crippen molar-refractivity contribution in [1.29, 1.82) is 0 Å². The highest BCUT2D eigenvalue weighted by Gasteiger charge is 2.03. The van der Waals surface area contributed by atoms with Gasteiger partial charge in [-0.25, -0.2) is 0 Å². The van der Waals surface area contributed by atoms with Crippen LogP contribution in [0.25, 0.3) is 0 Å². The summed E-state index contributed by atoms with van der Waals surface area (Å²) in [5, 5.41) is 3.42. The molecule has 4 heteroatoms. The molecule has 0 bridgehead atoms. The van der Waals surface area contributed by atoms with Crippen molar-refractivity contribution in [2.24, 2.45) is 0 Å². The van der Waals surface area contributed by atoms with Crippen LogP contribution in [0.15, 0.2) is 0 Å². The Labute approximate surface area is 121 Å². The molecular weight excluding hydrogens is 386 g/mol. The number of hydrogen-bond acceptors (Lipinski definition) is 0. The van der Waals surface area contributed by atoms with Crippen LogP contribution in [0.1, 0.15) is 25.7 Å². The third-order valence-corrected chi connectivity index (χ3v) is 3.41. The molecule has 0 rings (SSSR count). The van der Waals surface area contributed by atoms with Gasteiger partial charge in [-0.15, -0.1) is 0 Å². The summed E-state index contributed by atoms with van der Waals surface area (Å²) in [6.07, 6.45) is 5.20. The van der Waals surface area contributed by atoms with E-state index >= 15 is 0 Å². The third kappa shape index (κ3) is 25.6. The number of unbranched alkanes of at least 4 members (excludes halogenated alkanes) is 2. The molecule has 0 aromatic rings. The van der Waals surface area contributed by atoms with E-state index in [1.807, 2.05) is 0 Å². The number of alkyl halides is 3. The molecule has 0 spiro atoms. The van der Waals surface area contributed by atoms with Gasteiger partial charge in [0.15, 0.2) is 0 Å². The molecule has 0 N–H and O–H groups in total. The van der Waals surface area contributed by atoms with E-state index in [0.717, 1.165) is 20.5 Å². The largest absolute Gasteiger partial charge is 0.331 e. The number of nitrogens with zero attached hydrogens (tertiary/aromatic N) is 1. The Balaban J connectivity index is 0. The Kier molecular flexibility index (Phi) is 16.8. The smallest absolute Gasteiger partial charge is 0.0780 e. The van der Waals surface area contributed by atoms with Crippen molar-refractivity contribution in [3.05, 3.63) is 0 Å². The second-order valence-electron chi connectivity index (χ2n) is 4.50. The molecule has 94 valence electrons. The van der Waals surface area contributed by atoms with Gasteiger partial charge in [0.1, 0.15) is 0 Å². The second-order valence-corrected chi connectivity index (χ2v) is 6.87. The van der Waals surface area contributed by atoms with E-state index in [1.54, 1.807) is 0 Å². The maximum Gasteiger partial charge on any atom is 0.0780 e. The summed E-state index contributed by atoms with van der Waals surface area (Å²) in [4.78, 5) is 0. The van der Waals surface area contributed by atoms with Crippen LogP contribution >= 0.6 is 47.8 Å². The van der Waals surface area contributed by atoms with Crippen molar-refractivity contribution >= 4 is 47.8 Å². The lowest BCUT2D eigenvalue weighted by Crippen LogP contribution is -2.35. The van der Waals surface area contributed by atoms with Crippen molar-refractivity contribution in [3.63, 3.8) is 0 Å². The number of halogens is 3. The van der Waals surface area contributed by atoms with Gasteiger partial charge in [-0.3, -0.25) is 0 Å². The van der Waals surface area contributed by atoms with E-state index in [9.17, 15) is 0 Å². The quantitative estimate of drug-likeness (QED) is 0.331. The molecule has 0 aliphatic rings. The fourth-order valence-corrected chi connectivity index (χ4v) is 2.06. The monoisotopic (exact) mass is 408 g/mol. The lowest BCUT2D eigenvalue weighted by molar-refractivity contribution is -0.870. The van der Waals surface area contributed by atoms with Gasteiger partial charge in [-0.2, -0.15) is 0 Å². The molecule has 1 nitrogen and oxygen atoms in total. The van der Waals surface area contributed by atoms with Crippen molar-refractivity contribution < 1.29 is 4.48 Å². The molecule has 0 aliphatic heterocycles. The van der Waals surface area contributed by atoms with Gasteiger partial charge >= 0.3 is 0 Å². The fourth-order valence-electron chi connectivity index (χ4n) is 0.870. The standard InChI is InChI=1S/C7H17BrN.C4H8Br2/c1-9(2,3)7-5-4-6-8;5-3-1-2-4-6/h4-7H2,1-3H3;1-4H2/q+1;. The zero-order valence-corrected chi connectivity index (χ0v) is 15.0. The molecule has 0 saturated carbocycles. The molecule has 0 amide bonds. The first-order valence-electron chi connectivity index (χ1n) is 5.46. The molecule has 0 aromatic carbocycles. The molecule has 0 aliphatic carbocycles.